The molecule has 5 heteroatoms. The Morgan fingerprint density at radius 1 is 1.38 bits per heavy atom. The molecule has 1 aromatic carbocycles. The zero-order chi connectivity index (χ0) is 9.84. The fourth-order valence-corrected chi connectivity index (χ4v) is 0.862. The molecule has 0 saturated heterocycles. The summed E-state index contributed by atoms with van der Waals surface area (Å²) >= 11 is 0. The minimum Gasteiger partial charge on any atom is -0.494 e. The standard InChI is InChI=1S/C8H7F2NO2/c1-13-8-2-5(4-11-12)6(9)3-7(8)10/h2-4,12H,1H3/b11-4+. The third kappa shape index (κ3) is 1.93. The number of benzene rings is 1. The van der Waals surface area contributed by atoms with E-state index in [4.69, 9.17) is 5.21 Å². The first-order chi connectivity index (χ1) is 6.19. The molecule has 0 heterocycles. The second-order valence-electron chi connectivity index (χ2n) is 2.25. The van der Waals surface area contributed by atoms with Gasteiger partial charge in [0.1, 0.15) is 5.82 Å². The minimum absolute atomic E-state index is 0.0410. The molecule has 0 atom stereocenters. The lowest BCUT2D eigenvalue weighted by Crippen LogP contribution is -1.94. The lowest BCUT2D eigenvalue weighted by atomic mass is 10.2. The van der Waals surface area contributed by atoms with Gasteiger partial charge in [-0.1, -0.05) is 5.16 Å². The van der Waals surface area contributed by atoms with E-state index in [0.717, 1.165) is 12.3 Å². The molecule has 1 N–H and O–H groups in total. The lowest BCUT2D eigenvalue weighted by molar-refractivity contribution is 0.321. The summed E-state index contributed by atoms with van der Waals surface area (Å²) in [4.78, 5) is 0. The number of halogens is 2. The monoisotopic (exact) mass is 187 g/mol. The minimum atomic E-state index is -0.809. The Bertz CT molecular complexity index is 339. The van der Waals surface area contributed by atoms with Crippen molar-refractivity contribution >= 4 is 6.21 Å². The van der Waals surface area contributed by atoms with Crippen molar-refractivity contribution in [3.63, 3.8) is 0 Å². The molecule has 0 fully saturated rings. The second kappa shape index (κ2) is 3.84. The van der Waals surface area contributed by atoms with E-state index in [2.05, 4.69) is 9.89 Å². The average molecular weight is 187 g/mol. The Kier molecular flexibility index (Phi) is 2.79. The van der Waals surface area contributed by atoms with Crippen molar-refractivity contribution in [2.24, 2.45) is 5.16 Å². The van der Waals surface area contributed by atoms with Gasteiger partial charge in [-0.15, -0.1) is 0 Å². The van der Waals surface area contributed by atoms with Crippen LogP contribution in [-0.2, 0) is 0 Å². The predicted octanol–water partition coefficient (Wildman–Crippen LogP) is 1.78. The molecule has 0 aliphatic heterocycles. The fourth-order valence-electron chi connectivity index (χ4n) is 0.862. The number of nitrogens with zero attached hydrogens (tertiary/aromatic N) is 1. The van der Waals surface area contributed by atoms with Crippen LogP contribution < -0.4 is 4.74 Å². The molecule has 0 saturated carbocycles. The summed E-state index contributed by atoms with van der Waals surface area (Å²) in [7, 11) is 1.26. The largest absolute Gasteiger partial charge is 0.494 e. The maximum absolute atomic E-state index is 12.9. The number of rotatable bonds is 2. The van der Waals surface area contributed by atoms with Crippen LogP contribution in [0.25, 0.3) is 0 Å². The van der Waals surface area contributed by atoms with Gasteiger partial charge in [-0.3, -0.25) is 0 Å². The molecule has 3 nitrogen and oxygen atoms in total. The van der Waals surface area contributed by atoms with Gasteiger partial charge in [-0.25, -0.2) is 8.78 Å². The highest BCUT2D eigenvalue weighted by Gasteiger charge is 2.08. The molecule has 70 valence electrons. The quantitative estimate of drug-likeness (QED) is 0.435. The molecule has 0 radical (unpaired) electrons. The number of hydrogen-bond donors (Lipinski definition) is 1. The molecule has 0 spiro atoms. The van der Waals surface area contributed by atoms with E-state index in [0.29, 0.717) is 6.07 Å². The third-order valence-corrected chi connectivity index (χ3v) is 1.47. The molecule has 0 aliphatic rings. The normalized spacial score (nSPS) is 10.7. The van der Waals surface area contributed by atoms with Gasteiger partial charge in [0.15, 0.2) is 11.6 Å². The molecule has 1 aromatic rings. The summed E-state index contributed by atoms with van der Waals surface area (Å²) in [6.45, 7) is 0. The summed E-state index contributed by atoms with van der Waals surface area (Å²) in [5, 5.41) is 10.8. The molecule has 1 rings (SSSR count). The van der Waals surface area contributed by atoms with Crippen LogP contribution in [-0.4, -0.2) is 18.5 Å². The molecule has 13 heavy (non-hydrogen) atoms. The first-order valence-electron chi connectivity index (χ1n) is 3.39. The topological polar surface area (TPSA) is 41.8 Å². The molecule has 0 aliphatic carbocycles. The van der Waals surface area contributed by atoms with Gasteiger partial charge in [-0.05, 0) is 6.07 Å². The summed E-state index contributed by atoms with van der Waals surface area (Å²) in [5.74, 6) is -1.71. The van der Waals surface area contributed by atoms with Crippen LogP contribution in [0.4, 0.5) is 8.78 Å². The van der Waals surface area contributed by atoms with Crippen molar-refractivity contribution in [2.45, 2.75) is 0 Å². The Balaban J connectivity index is 3.22. The van der Waals surface area contributed by atoms with Crippen LogP contribution in [0.1, 0.15) is 5.56 Å². The van der Waals surface area contributed by atoms with Crippen molar-refractivity contribution in [3.05, 3.63) is 29.3 Å². The number of oxime groups is 1. The van der Waals surface area contributed by atoms with E-state index in [-0.39, 0.29) is 11.3 Å². The van der Waals surface area contributed by atoms with Gasteiger partial charge >= 0.3 is 0 Å². The van der Waals surface area contributed by atoms with E-state index in [1.54, 1.807) is 0 Å². The molecular weight excluding hydrogens is 180 g/mol. The highest BCUT2D eigenvalue weighted by molar-refractivity contribution is 5.80. The molecular formula is C8H7F2NO2. The highest BCUT2D eigenvalue weighted by atomic mass is 19.1. The van der Waals surface area contributed by atoms with Crippen molar-refractivity contribution in [3.8, 4) is 5.75 Å². The summed E-state index contributed by atoms with van der Waals surface area (Å²) < 4.78 is 30.3. The number of hydrogen-bond acceptors (Lipinski definition) is 3. The first kappa shape index (κ1) is 9.44. The Hall–Kier alpha value is -1.65. The van der Waals surface area contributed by atoms with Crippen molar-refractivity contribution < 1.29 is 18.7 Å². The lowest BCUT2D eigenvalue weighted by Gasteiger charge is -2.02. The third-order valence-electron chi connectivity index (χ3n) is 1.47. The number of methoxy groups -OCH3 is 1. The summed E-state index contributed by atoms with van der Waals surface area (Å²) in [6, 6.07) is 1.76. The SMILES string of the molecule is COc1cc(/C=N/O)c(F)cc1F. The summed E-state index contributed by atoms with van der Waals surface area (Å²) in [5.41, 5.74) is -0.0410. The molecule has 0 amide bonds. The van der Waals surface area contributed by atoms with Crippen molar-refractivity contribution in [1.82, 2.24) is 0 Å². The zero-order valence-electron chi connectivity index (χ0n) is 6.79. The molecule has 0 aromatic heterocycles. The van der Waals surface area contributed by atoms with Crippen LogP contribution in [0.3, 0.4) is 0 Å². The van der Waals surface area contributed by atoms with E-state index >= 15 is 0 Å². The molecule has 0 unspecified atom stereocenters. The fraction of sp³-hybridized carbons (Fsp3) is 0.125. The smallest absolute Gasteiger partial charge is 0.168 e. The van der Waals surface area contributed by atoms with Gasteiger partial charge in [0.2, 0.25) is 0 Å². The highest BCUT2D eigenvalue weighted by Crippen LogP contribution is 2.19. The van der Waals surface area contributed by atoms with Crippen LogP contribution in [0.15, 0.2) is 17.3 Å². The van der Waals surface area contributed by atoms with Gasteiger partial charge in [0.05, 0.1) is 13.3 Å². The Labute approximate surface area is 73.2 Å². The molecule has 0 bridgehead atoms. The second-order valence-corrected chi connectivity index (χ2v) is 2.25. The van der Waals surface area contributed by atoms with Crippen LogP contribution in [0.2, 0.25) is 0 Å². The van der Waals surface area contributed by atoms with Gasteiger partial charge in [0, 0.05) is 11.6 Å². The average Bonchev–Trinajstić information content (AvgIpc) is 2.10. The van der Waals surface area contributed by atoms with Crippen LogP contribution in [0, 0.1) is 11.6 Å². The van der Waals surface area contributed by atoms with Gasteiger partial charge in [0.25, 0.3) is 0 Å². The van der Waals surface area contributed by atoms with Crippen LogP contribution in [0.5, 0.6) is 5.75 Å². The van der Waals surface area contributed by atoms with E-state index in [1.165, 1.54) is 7.11 Å². The van der Waals surface area contributed by atoms with E-state index in [9.17, 15) is 8.78 Å². The predicted molar refractivity (Wildman–Crippen MR) is 42.3 cm³/mol. The summed E-state index contributed by atoms with van der Waals surface area (Å²) in [6.07, 6.45) is 0.858. The zero-order valence-corrected chi connectivity index (χ0v) is 6.79. The maximum Gasteiger partial charge on any atom is 0.168 e. The van der Waals surface area contributed by atoms with E-state index < -0.39 is 11.6 Å². The van der Waals surface area contributed by atoms with Crippen molar-refractivity contribution in [2.75, 3.05) is 7.11 Å². The van der Waals surface area contributed by atoms with E-state index in [1.807, 2.05) is 0 Å². The van der Waals surface area contributed by atoms with Gasteiger partial charge in [-0.2, -0.15) is 0 Å². The number of ether oxygens (including phenoxy) is 1. The van der Waals surface area contributed by atoms with Crippen molar-refractivity contribution in [1.29, 1.82) is 0 Å². The van der Waals surface area contributed by atoms with Crippen LogP contribution >= 0.6 is 0 Å². The Morgan fingerprint density at radius 3 is 2.62 bits per heavy atom. The maximum atomic E-state index is 12.9. The van der Waals surface area contributed by atoms with Gasteiger partial charge < -0.3 is 9.94 Å². The first-order valence-corrected chi connectivity index (χ1v) is 3.39. The Morgan fingerprint density at radius 2 is 2.08 bits per heavy atom.